The van der Waals surface area contributed by atoms with Crippen molar-refractivity contribution >= 4 is 23.8 Å². The maximum atomic E-state index is 12.6. The summed E-state index contributed by atoms with van der Waals surface area (Å²) in [5, 5.41) is 3.44. The summed E-state index contributed by atoms with van der Waals surface area (Å²) in [5.41, 5.74) is 1.42. The Labute approximate surface area is 172 Å². The highest BCUT2D eigenvalue weighted by molar-refractivity contribution is 7.99. The van der Waals surface area contributed by atoms with Crippen LogP contribution in [0.25, 0.3) is 0 Å². The van der Waals surface area contributed by atoms with Gasteiger partial charge in [0.15, 0.2) is 5.16 Å². The first-order valence-electron chi connectivity index (χ1n) is 9.47. The number of hydrogen-bond acceptors (Lipinski definition) is 6. The highest BCUT2D eigenvalue weighted by Gasteiger charge is 2.35. The monoisotopic (exact) mass is 414 g/mol. The highest BCUT2D eigenvalue weighted by atomic mass is 32.2. The first kappa shape index (κ1) is 19.5. The van der Waals surface area contributed by atoms with Gasteiger partial charge in [0.1, 0.15) is 6.61 Å². The molecule has 1 saturated heterocycles. The molecule has 1 aromatic carbocycles. The molecule has 9 heteroatoms. The number of ether oxygens (including phenoxy) is 1. The molecular formula is C20H22N4O4S. The van der Waals surface area contributed by atoms with Crippen LogP contribution in [0.15, 0.2) is 46.5 Å². The van der Waals surface area contributed by atoms with Gasteiger partial charge in [-0.1, -0.05) is 42.1 Å². The molecule has 0 bridgehead atoms. The Bertz CT molecular complexity index is 972. The number of alkyl carbamates (subject to hydrolysis) is 1. The number of carbonyl (C=O) groups excluding carboxylic acids is 2. The molecule has 1 N–H and O–H groups in total. The Kier molecular flexibility index (Phi) is 5.57. The molecule has 152 valence electrons. The number of aromatic nitrogens is 2. The summed E-state index contributed by atoms with van der Waals surface area (Å²) in [6.45, 7) is 2.84. The largest absolute Gasteiger partial charge is 0.445 e. The summed E-state index contributed by atoms with van der Waals surface area (Å²) < 4.78 is 6.83. The van der Waals surface area contributed by atoms with Gasteiger partial charge >= 0.3 is 6.09 Å². The molecule has 8 nitrogen and oxygen atoms in total. The van der Waals surface area contributed by atoms with Crippen molar-refractivity contribution in [2.24, 2.45) is 0 Å². The average Bonchev–Trinajstić information content (AvgIpc) is 3.09. The van der Waals surface area contributed by atoms with Crippen molar-refractivity contribution in [1.29, 1.82) is 0 Å². The van der Waals surface area contributed by atoms with Gasteiger partial charge in [-0.05, 0) is 12.5 Å². The molecule has 0 saturated carbocycles. The van der Waals surface area contributed by atoms with Gasteiger partial charge in [-0.25, -0.2) is 9.78 Å². The number of thioether (sulfide) groups is 1. The third-order valence-electron chi connectivity index (χ3n) is 5.08. The van der Waals surface area contributed by atoms with E-state index in [0.29, 0.717) is 29.6 Å². The Morgan fingerprint density at radius 1 is 1.28 bits per heavy atom. The van der Waals surface area contributed by atoms with Crippen LogP contribution in [-0.4, -0.2) is 51.3 Å². The fourth-order valence-electron chi connectivity index (χ4n) is 3.41. The van der Waals surface area contributed by atoms with Gasteiger partial charge in [0.25, 0.3) is 5.56 Å². The minimum Gasteiger partial charge on any atom is -0.445 e. The molecule has 3 heterocycles. The normalized spacial score (nSPS) is 18.1. The number of hydrogen-bond donors (Lipinski definition) is 1. The predicted octanol–water partition coefficient (Wildman–Crippen LogP) is 1.73. The summed E-state index contributed by atoms with van der Waals surface area (Å²) in [7, 11) is 0. The number of nitrogens with one attached hydrogen (secondary N) is 1. The smallest absolute Gasteiger partial charge is 0.407 e. The number of likely N-dealkylation sites (tertiary alicyclic amines) is 1. The van der Waals surface area contributed by atoms with Gasteiger partial charge in [0.2, 0.25) is 5.91 Å². The van der Waals surface area contributed by atoms with E-state index in [4.69, 9.17) is 4.74 Å². The van der Waals surface area contributed by atoms with Gasteiger partial charge in [0, 0.05) is 37.0 Å². The predicted molar refractivity (Wildman–Crippen MR) is 108 cm³/mol. The topological polar surface area (TPSA) is 93.5 Å². The van der Waals surface area contributed by atoms with E-state index in [1.165, 1.54) is 11.8 Å². The van der Waals surface area contributed by atoms with Gasteiger partial charge in [-0.15, -0.1) is 0 Å². The van der Waals surface area contributed by atoms with Crippen LogP contribution in [0.3, 0.4) is 0 Å². The van der Waals surface area contributed by atoms with E-state index in [1.54, 1.807) is 22.6 Å². The molecule has 29 heavy (non-hydrogen) atoms. The zero-order valence-electron chi connectivity index (χ0n) is 16.0. The number of nitrogens with zero attached hydrogens (tertiary/aromatic N) is 3. The zero-order chi connectivity index (χ0) is 20.4. The van der Waals surface area contributed by atoms with E-state index in [-0.39, 0.29) is 36.6 Å². The summed E-state index contributed by atoms with van der Waals surface area (Å²) in [6.07, 6.45) is 1.35. The number of amides is 2. The first-order valence-corrected chi connectivity index (χ1v) is 10.5. The van der Waals surface area contributed by atoms with Crippen LogP contribution < -0.4 is 10.9 Å². The van der Waals surface area contributed by atoms with Gasteiger partial charge < -0.3 is 15.0 Å². The van der Waals surface area contributed by atoms with Crippen LogP contribution in [0, 0.1) is 6.92 Å². The number of benzene rings is 1. The summed E-state index contributed by atoms with van der Waals surface area (Å²) in [6, 6.07) is 9.17. The second-order valence-electron chi connectivity index (χ2n) is 7.27. The molecule has 2 amide bonds. The van der Waals surface area contributed by atoms with Gasteiger partial charge in [-0.3, -0.25) is 14.2 Å². The summed E-state index contributed by atoms with van der Waals surface area (Å²) >= 11 is 1.50. The van der Waals surface area contributed by atoms with Crippen molar-refractivity contribution in [2.45, 2.75) is 37.2 Å². The zero-order valence-corrected chi connectivity index (χ0v) is 16.9. The van der Waals surface area contributed by atoms with E-state index in [2.05, 4.69) is 10.3 Å². The first-order chi connectivity index (χ1) is 14.0. The fraction of sp³-hybridized carbons (Fsp3) is 0.400. The number of carbonyl (C=O) groups is 2. The molecule has 2 aromatic rings. The van der Waals surface area contributed by atoms with E-state index >= 15 is 0 Å². The van der Waals surface area contributed by atoms with Crippen molar-refractivity contribution in [2.75, 3.05) is 18.8 Å². The maximum absolute atomic E-state index is 12.6. The second-order valence-corrected chi connectivity index (χ2v) is 8.26. The van der Waals surface area contributed by atoms with Gasteiger partial charge in [0.05, 0.1) is 12.1 Å². The Morgan fingerprint density at radius 3 is 2.79 bits per heavy atom. The van der Waals surface area contributed by atoms with Crippen molar-refractivity contribution in [1.82, 2.24) is 19.8 Å². The lowest BCUT2D eigenvalue weighted by Crippen LogP contribution is -2.61. The molecule has 1 aromatic heterocycles. The van der Waals surface area contributed by atoms with E-state index in [1.807, 2.05) is 30.3 Å². The minimum atomic E-state index is -0.486. The van der Waals surface area contributed by atoms with E-state index in [0.717, 1.165) is 5.56 Å². The lowest BCUT2D eigenvalue weighted by Gasteiger charge is -2.39. The molecule has 0 aliphatic carbocycles. The van der Waals surface area contributed by atoms with E-state index in [9.17, 15) is 14.4 Å². The Morgan fingerprint density at radius 2 is 2.03 bits per heavy atom. The number of aryl methyl sites for hydroxylation is 1. The van der Waals surface area contributed by atoms with Crippen LogP contribution in [0.4, 0.5) is 4.79 Å². The molecule has 2 aliphatic rings. The Balaban J connectivity index is 1.23. The van der Waals surface area contributed by atoms with Crippen molar-refractivity contribution < 1.29 is 14.3 Å². The molecule has 1 fully saturated rings. The van der Waals surface area contributed by atoms with E-state index < -0.39 is 6.09 Å². The quantitative estimate of drug-likeness (QED) is 0.749. The van der Waals surface area contributed by atoms with Crippen LogP contribution >= 0.6 is 11.8 Å². The summed E-state index contributed by atoms with van der Waals surface area (Å²) in [5.74, 6) is 0.645. The molecule has 0 spiro atoms. The average molecular weight is 414 g/mol. The molecule has 2 aliphatic heterocycles. The standard InChI is InChI=1S/C20H22N4O4S/c1-13-8-21-19-24(18(13)26)16(12-29-19)7-17(25)23-9-15(10-23)22-20(27)28-11-14-5-3-2-4-6-14/h2-6,8,15-16H,7,9-12H2,1H3,(H,22,27). The van der Waals surface area contributed by atoms with Crippen LogP contribution in [-0.2, 0) is 16.1 Å². The van der Waals surface area contributed by atoms with Crippen molar-refractivity contribution in [3.8, 4) is 0 Å². The number of fused-ring (bicyclic) bond motifs is 1. The minimum absolute atomic E-state index is 0.0208. The van der Waals surface area contributed by atoms with Crippen LogP contribution in [0.5, 0.6) is 0 Å². The molecule has 4 rings (SSSR count). The third-order valence-corrected chi connectivity index (χ3v) is 6.19. The lowest BCUT2D eigenvalue weighted by molar-refractivity contribution is -0.136. The van der Waals surface area contributed by atoms with Gasteiger partial charge in [-0.2, -0.15) is 0 Å². The lowest BCUT2D eigenvalue weighted by atomic mass is 10.1. The molecule has 1 atom stereocenters. The highest BCUT2D eigenvalue weighted by Crippen LogP contribution is 2.32. The molecule has 1 unspecified atom stereocenters. The van der Waals surface area contributed by atoms with Crippen molar-refractivity contribution in [3.63, 3.8) is 0 Å². The number of rotatable bonds is 5. The SMILES string of the molecule is Cc1cnc2n(c1=O)C(CC(=O)N1CC(NC(=O)OCc3ccccc3)C1)CS2. The Hall–Kier alpha value is -2.81. The third kappa shape index (κ3) is 4.29. The van der Waals surface area contributed by atoms with Crippen molar-refractivity contribution in [3.05, 3.63) is 58.0 Å². The van der Waals surface area contributed by atoms with Crippen LogP contribution in [0.2, 0.25) is 0 Å². The maximum Gasteiger partial charge on any atom is 0.407 e. The fourth-order valence-corrected chi connectivity index (χ4v) is 4.51. The van der Waals surface area contributed by atoms with Crippen LogP contribution in [0.1, 0.15) is 23.6 Å². The summed E-state index contributed by atoms with van der Waals surface area (Å²) in [4.78, 5) is 42.8. The second kappa shape index (κ2) is 8.28. The molecule has 0 radical (unpaired) electrons. The molecular weight excluding hydrogens is 392 g/mol.